The summed E-state index contributed by atoms with van der Waals surface area (Å²) in [5.74, 6) is -0.738. The first-order valence-electron chi connectivity index (χ1n) is 11.3. The number of H-pyrrole nitrogens is 1. The first kappa shape index (κ1) is 24.1. The Morgan fingerprint density at radius 1 is 1.20 bits per heavy atom. The molecule has 10 heteroatoms. The summed E-state index contributed by atoms with van der Waals surface area (Å²) in [5, 5.41) is 13.2. The molecule has 4 aromatic rings. The average Bonchev–Trinajstić information content (AvgIpc) is 3.15. The van der Waals surface area contributed by atoms with Crippen molar-refractivity contribution in [1.29, 1.82) is 0 Å². The lowest BCUT2D eigenvalue weighted by atomic mass is 10.0. The second-order valence-corrected chi connectivity index (χ2v) is 8.13. The van der Waals surface area contributed by atoms with Crippen molar-refractivity contribution in [2.24, 2.45) is 7.05 Å². The number of carbonyl (C=O) groups excluding carboxylic acids is 1. The van der Waals surface area contributed by atoms with Gasteiger partial charge in [-0.25, -0.2) is 14.9 Å². The van der Waals surface area contributed by atoms with Gasteiger partial charge in [0.15, 0.2) is 5.52 Å². The minimum atomic E-state index is -0.916. The van der Waals surface area contributed by atoms with Crippen LogP contribution in [0, 0.1) is 5.82 Å². The number of hydrogen-bond acceptors (Lipinski definition) is 6. The van der Waals surface area contributed by atoms with Crippen LogP contribution in [0.2, 0.25) is 0 Å². The van der Waals surface area contributed by atoms with E-state index in [0.29, 0.717) is 53.2 Å². The number of benzene rings is 2. The van der Waals surface area contributed by atoms with E-state index < -0.39 is 11.7 Å². The molecule has 2 heterocycles. The number of fused-ring (bicyclic) bond motifs is 1. The summed E-state index contributed by atoms with van der Waals surface area (Å²) in [6, 6.07) is 9.66. The van der Waals surface area contributed by atoms with Gasteiger partial charge in [-0.3, -0.25) is 19.5 Å². The maximum absolute atomic E-state index is 14.3. The molecule has 0 radical (unpaired) electrons. The molecule has 9 nitrogen and oxygen atoms in total. The quantitative estimate of drug-likeness (QED) is 0.263. The van der Waals surface area contributed by atoms with Crippen LogP contribution < -0.4 is 15.8 Å². The highest BCUT2D eigenvalue weighted by Gasteiger charge is 2.18. The van der Waals surface area contributed by atoms with Gasteiger partial charge in [-0.05, 0) is 55.2 Å². The number of hydroxylamine groups is 1. The number of aromatic amines is 1. The van der Waals surface area contributed by atoms with E-state index in [2.05, 4.69) is 10.1 Å². The van der Waals surface area contributed by atoms with Gasteiger partial charge in [-0.15, -0.1) is 0 Å². The summed E-state index contributed by atoms with van der Waals surface area (Å²) in [6.45, 7) is 4.33. The van der Waals surface area contributed by atoms with Gasteiger partial charge in [0.25, 0.3) is 11.5 Å². The second-order valence-electron chi connectivity index (χ2n) is 8.13. The third kappa shape index (κ3) is 4.78. The normalized spacial score (nSPS) is 11.1. The highest BCUT2D eigenvalue weighted by molar-refractivity contribution is 5.93. The van der Waals surface area contributed by atoms with Crippen LogP contribution in [0.5, 0.6) is 5.75 Å². The minimum Gasteiger partial charge on any atom is -0.493 e. The molecule has 0 aliphatic heterocycles. The molecule has 0 saturated heterocycles. The number of hydrogen-bond donors (Lipinski definition) is 3. The zero-order chi connectivity index (χ0) is 25.1. The predicted octanol–water partition coefficient (Wildman–Crippen LogP) is 3.52. The van der Waals surface area contributed by atoms with E-state index in [-0.39, 0.29) is 11.1 Å². The van der Waals surface area contributed by atoms with Gasteiger partial charge in [0, 0.05) is 7.05 Å². The molecule has 0 fully saturated rings. The van der Waals surface area contributed by atoms with Crippen LogP contribution in [0.4, 0.5) is 4.39 Å². The fourth-order valence-electron chi connectivity index (χ4n) is 4.08. The van der Waals surface area contributed by atoms with E-state index in [1.54, 1.807) is 23.9 Å². The Morgan fingerprint density at radius 3 is 2.63 bits per heavy atom. The number of carbonyl (C=O) groups is 1. The molecule has 182 valence electrons. The molecule has 3 N–H and O–H groups in total. The SMILES string of the molecule is CCCc1nn(C)c2c(=O)[nH]c(-c3cc(Cc4ccc(C(=O)NO)c(F)c4)ccc3OCC)nc12. The molecule has 35 heavy (non-hydrogen) atoms. The van der Waals surface area contributed by atoms with E-state index in [1.165, 1.54) is 17.6 Å². The molecule has 0 spiro atoms. The molecule has 2 aromatic carbocycles. The molecular formula is C25H26FN5O4. The Bertz CT molecular complexity index is 1460. The Balaban J connectivity index is 1.77. The standard InChI is InChI=1S/C25H26FN5O4/c1-4-6-19-21-22(31(3)29-19)25(33)28-23(27-21)17-12-14(8-10-20(17)35-5-2)11-15-7-9-16(18(26)13-15)24(32)30-34/h7-10,12-13,34H,4-6,11H2,1-3H3,(H,30,32)(H,27,28,33). The molecule has 0 aliphatic rings. The molecule has 0 atom stereocenters. The third-order valence-corrected chi connectivity index (χ3v) is 5.64. The number of nitrogens with zero attached hydrogens (tertiary/aromatic N) is 3. The first-order chi connectivity index (χ1) is 16.9. The second kappa shape index (κ2) is 10.1. The molecule has 2 aromatic heterocycles. The lowest BCUT2D eigenvalue weighted by molar-refractivity contribution is 0.0702. The molecule has 0 unspecified atom stereocenters. The van der Waals surface area contributed by atoms with Gasteiger partial charge in [-0.2, -0.15) is 5.10 Å². The van der Waals surface area contributed by atoms with E-state index in [0.717, 1.165) is 17.7 Å². The first-order valence-corrected chi connectivity index (χ1v) is 11.3. The summed E-state index contributed by atoms with van der Waals surface area (Å²) in [7, 11) is 1.72. The Hall–Kier alpha value is -4.05. The van der Waals surface area contributed by atoms with Gasteiger partial charge in [0.1, 0.15) is 22.9 Å². The smallest absolute Gasteiger partial charge is 0.277 e. The highest BCUT2D eigenvalue weighted by Crippen LogP contribution is 2.30. The van der Waals surface area contributed by atoms with E-state index in [1.807, 2.05) is 26.0 Å². The van der Waals surface area contributed by atoms with Crippen LogP contribution >= 0.6 is 0 Å². The lowest BCUT2D eigenvalue weighted by Crippen LogP contribution is -2.20. The van der Waals surface area contributed by atoms with E-state index in [4.69, 9.17) is 14.9 Å². The van der Waals surface area contributed by atoms with Gasteiger partial charge in [0.05, 0.1) is 23.4 Å². The van der Waals surface area contributed by atoms with Crippen LogP contribution in [0.15, 0.2) is 41.2 Å². The zero-order valence-corrected chi connectivity index (χ0v) is 19.7. The van der Waals surface area contributed by atoms with E-state index >= 15 is 0 Å². The summed E-state index contributed by atoms with van der Waals surface area (Å²) in [6.07, 6.45) is 1.92. The molecule has 0 bridgehead atoms. The van der Waals surface area contributed by atoms with Crippen LogP contribution in [-0.4, -0.2) is 37.5 Å². The molecule has 0 aliphatic carbocycles. The minimum absolute atomic E-state index is 0.252. The number of halogens is 1. The van der Waals surface area contributed by atoms with Crippen molar-refractivity contribution in [3.63, 3.8) is 0 Å². The van der Waals surface area contributed by atoms with Crippen molar-refractivity contribution in [3.8, 4) is 17.1 Å². The van der Waals surface area contributed by atoms with Crippen LogP contribution in [0.1, 0.15) is 47.4 Å². The zero-order valence-electron chi connectivity index (χ0n) is 19.7. The Morgan fingerprint density at radius 2 is 1.94 bits per heavy atom. The maximum Gasteiger partial charge on any atom is 0.277 e. The number of aromatic nitrogens is 4. The van der Waals surface area contributed by atoms with Gasteiger partial charge in [0.2, 0.25) is 0 Å². The summed E-state index contributed by atoms with van der Waals surface area (Å²) in [4.78, 5) is 32.0. The average molecular weight is 480 g/mol. The van der Waals surface area contributed by atoms with Crippen molar-refractivity contribution in [2.45, 2.75) is 33.1 Å². The topological polar surface area (TPSA) is 122 Å². The fourth-order valence-corrected chi connectivity index (χ4v) is 4.08. The summed E-state index contributed by atoms with van der Waals surface area (Å²) < 4.78 is 21.7. The van der Waals surface area contributed by atoms with Crippen molar-refractivity contribution >= 4 is 16.9 Å². The van der Waals surface area contributed by atoms with Crippen LogP contribution in [0.25, 0.3) is 22.4 Å². The number of nitrogens with one attached hydrogen (secondary N) is 2. The summed E-state index contributed by atoms with van der Waals surface area (Å²) >= 11 is 0. The van der Waals surface area contributed by atoms with Crippen molar-refractivity contribution in [2.75, 3.05) is 6.61 Å². The van der Waals surface area contributed by atoms with Crippen molar-refractivity contribution < 1.29 is 19.1 Å². The number of rotatable bonds is 8. The summed E-state index contributed by atoms with van der Waals surface area (Å²) in [5.41, 5.74) is 4.66. The van der Waals surface area contributed by atoms with Gasteiger partial charge in [-0.1, -0.05) is 25.5 Å². The van der Waals surface area contributed by atoms with Gasteiger partial charge < -0.3 is 9.72 Å². The molecule has 4 rings (SSSR count). The number of aryl methyl sites for hydroxylation is 2. The highest BCUT2D eigenvalue weighted by atomic mass is 19.1. The Kier molecular flexibility index (Phi) is 6.92. The van der Waals surface area contributed by atoms with Crippen molar-refractivity contribution in [3.05, 3.63) is 75.0 Å². The van der Waals surface area contributed by atoms with Crippen LogP contribution in [0.3, 0.4) is 0 Å². The largest absolute Gasteiger partial charge is 0.493 e. The monoisotopic (exact) mass is 479 g/mol. The van der Waals surface area contributed by atoms with E-state index in [9.17, 15) is 14.0 Å². The van der Waals surface area contributed by atoms with Crippen molar-refractivity contribution in [1.82, 2.24) is 25.2 Å². The van der Waals surface area contributed by atoms with Gasteiger partial charge >= 0.3 is 0 Å². The lowest BCUT2D eigenvalue weighted by Gasteiger charge is -2.13. The molecule has 0 saturated carbocycles. The predicted molar refractivity (Wildman–Crippen MR) is 128 cm³/mol. The Labute approximate surface area is 200 Å². The number of ether oxygens (including phenoxy) is 1. The third-order valence-electron chi connectivity index (χ3n) is 5.64. The fraction of sp³-hybridized carbons (Fsp3) is 0.280. The number of amides is 1. The molecule has 1 amide bonds. The maximum atomic E-state index is 14.3. The molecular weight excluding hydrogens is 453 g/mol. The van der Waals surface area contributed by atoms with Crippen LogP contribution in [-0.2, 0) is 19.9 Å².